The molecule has 3 aromatic carbocycles. The van der Waals surface area contributed by atoms with Gasteiger partial charge >= 0.3 is 17.9 Å². The molecule has 5 N–H and O–H groups in total. The summed E-state index contributed by atoms with van der Waals surface area (Å²) in [6.45, 7) is 20.5. The van der Waals surface area contributed by atoms with Crippen LogP contribution < -0.4 is 31.1 Å². The molecule has 3 fully saturated rings. The molecule has 0 aliphatic carbocycles. The van der Waals surface area contributed by atoms with E-state index in [1.165, 1.54) is 54.3 Å². The van der Waals surface area contributed by atoms with Crippen LogP contribution in [-0.2, 0) is 38.1 Å². The number of nitrogens with zero attached hydrogens (tertiary/aromatic N) is 2. The number of methoxy groups -OCH3 is 2. The summed E-state index contributed by atoms with van der Waals surface area (Å²) >= 11 is 44.6. The normalized spacial score (nSPS) is 22.9. The van der Waals surface area contributed by atoms with Crippen LogP contribution in [0, 0.1) is 0 Å². The zero-order valence-corrected chi connectivity index (χ0v) is 58.9. The number of carbonyl (C=O) groups is 6. The summed E-state index contributed by atoms with van der Waals surface area (Å²) in [7, 11) is 2.61. The predicted molar refractivity (Wildman–Crippen MR) is 372 cm³/mol. The van der Waals surface area contributed by atoms with Crippen LogP contribution in [0.2, 0.25) is 30.1 Å². The number of morpholine rings is 3. The highest BCUT2D eigenvalue weighted by Crippen LogP contribution is 2.52. The number of nitrogens with one attached hydrogen (secondary N) is 4. The van der Waals surface area contributed by atoms with Gasteiger partial charge in [-0.1, -0.05) is 106 Å². The number of ether oxygens (including phenoxy) is 5. The number of carboxylic acid groups (broad SMARTS) is 1. The van der Waals surface area contributed by atoms with E-state index >= 15 is 0 Å². The average molecular weight is 1510 g/mol. The van der Waals surface area contributed by atoms with Gasteiger partial charge in [0.25, 0.3) is 17.7 Å². The molecule has 18 nitrogen and oxygen atoms in total. The van der Waals surface area contributed by atoms with Crippen molar-refractivity contribution in [3.05, 3.63) is 193 Å². The Morgan fingerprint density at radius 3 is 1.19 bits per heavy atom. The number of hydrogen-bond acceptors (Lipinski definition) is 17. The van der Waals surface area contributed by atoms with Crippen molar-refractivity contribution in [2.75, 3.05) is 103 Å². The second-order valence-electron chi connectivity index (χ2n) is 22.0. The SMILES string of the molecule is C1COCCN1.C=CCC1(C(=O)O)NC(=O)c2sc(N3CCOCC3)cc2C1c1ccc(Cl)c(Cl)c1.C=CCC1(C(=O)OC)NC(=O)c2sc(Br)cc2C1c1ccc(Cl)c(Cl)c1.C=CCC1(C(=O)OC)NC(=O)c2sc(N3CCOCC3)cc2C1c1ccc(Cl)c(Cl)c1. The summed E-state index contributed by atoms with van der Waals surface area (Å²) in [5.41, 5.74) is 0.102. The van der Waals surface area contributed by atoms with Crippen LogP contribution in [-0.4, -0.2) is 150 Å². The summed E-state index contributed by atoms with van der Waals surface area (Å²) < 4.78 is 26.9. The smallest absolute Gasteiger partial charge is 0.332 e. The number of fused-ring (bicyclic) bond motifs is 3. The van der Waals surface area contributed by atoms with E-state index in [2.05, 4.69) is 66.7 Å². The standard InChI is InChI=1S/C22H22Cl2N2O4S.C21H20Cl2N2O4S.C18H14BrCl2NO3S.C4H9NO/c1-3-6-22(21(28)29-2)18(13-4-5-15(23)16(24)11-13)14-12-17(26-7-9-30-10-8-26)31-19(14)20(27)25-22;1-2-5-21(20(27)28)17(12-3-4-14(22)15(23)10-12)13-11-16(25-6-8-29-9-7-25)30-18(13)19(26)24-21;1-3-6-18(17(24)25-2)14(9-4-5-11(20)12(21)7-9)10-8-13(19)26-15(10)16(23)22-18;1-3-6-4-2-5-1/h3-5,11-12,18H,1,6-10H2,2H3,(H,25,27);2-4,10-11,17H,1,5-9H2,(H,24,26)(H,27,28);3-5,7-8,14H,1,6H2,2H3,(H,22,23);5H,1-4H2. The number of carbonyl (C=O) groups excluding carboxylic acids is 5. The maximum atomic E-state index is 13.2. The Morgan fingerprint density at radius 2 is 0.871 bits per heavy atom. The number of rotatable bonds is 14. The van der Waals surface area contributed by atoms with Gasteiger partial charge in [-0.05, 0) is 123 Å². The molecular weight excluding hydrogens is 1450 g/mol. The monoisotopic (exact) mass is 1510 g/mol. The topological polar surface area (TPSA) is 223 Å². The first-order chi connectivity index (χ1) is 44.6. The number of halogens is 7. The minimum atomic E-state index is -1.58. The van der Waals surface area contributed by atoms with E-state index in [0.29, 0.717) is 82.3 Å². The van der Waals surface area contributed by atoms with Crippen molar-refractivity contribution in [2.45, 2.75) is 53.6 Å². The van der Waals surface area contributed by atoms with Gasteiger partial charge in [0, 0.05) is 57.0 Å². The highest BCUT2D eigenvalue weighted by atomic mass is 79.9. The lowest BCUT2D eigenvalue weighted by Gasteiger charge is -2.42. The Hall–Kier alpha value is -5.54. The number of hydrogen-bond donors (Lipinski definition) is 5. The Balaban J connectivity index is 0.000000157. The molecular formula is C65H65BrCl6N6O12S3. The van der Waals surface area contributed by atoms with Crippen LogP contribution in [0.3, 0.4) is 0 Å². The van der Waals surface area contributed by atoms with Crippen molar-refractivity contribution in [3.8, 4) is 0 Å². The summed E-state index contributed by atoms with van der Waals surface area (Å²) in [5.74, 6) is -4.91. The fraction of sp³-hybridized carbons (Fsp3) is 0.354. The number of carboxylic acids is 1. The summed E-state index contributed by atoms with van der Waals surface area (Å²) in [6.07, 6.45) is 5.16. The minimum absolute atomic E-state index is 0.0567. The zero-order valence-electron chi connectivity index (χ0n) is 50.3. The molecule has 0 spiro atoms. The lowest BCUT2D eigenvalue weighted by atomic mass is 9.70. The van der Waals surface area contributed by atoms with E-state index < -0.39 is 58.2 Å². The lowest BCUT2D eigenvalue weighted by molar-refractivity contribution is -0.149. The van der Waals surface area contributed by atoms with E-state index in [4.69, 9.17) is 93.3 Å². The zero-order chi connectivity index (χ0) is 66.9. The van der Waals surface area contributed by atoms with Gasteiger partial charge in [-0.15, -0.1) is 53.7 Å². The molecule has 0 bridgehead atoms. The van der Waals surface area contributed by atoms with Crippen LogP contribution in [0.1, 0.15) is 99.4 Å². The first-order valence-corrected chi connectivity index (χ1v) is 34.7. The molecule has 12 rings (SSSR count). The van der Waals surface area contributed by atoms with Gasteiger partial charge in [0.05, 0.1) is 112 Å². The average Bonchev–Trinajstić information content (AvgIpc) is 1.73. The second kappa shape index (κ2) is 31.6. The fourth-order valence-electron chi connectivity index (χ4n) is 12.3. The molecule has 28 heteroatoms. The second-order valence-corrected chi connectivity index (χ2v) is 28.9. The Kier molecular flexibility index (Phi) is 24.3. The minimum Gasteiger partial charge on any atom is -0.479 e. The predicted octanol–water partition coefficient (Wildman–Crippen LogP) is 13.2. The Morgan fingerprint density at radius 1 is 0.538 bits per heavy atom. The van der Waals surface area contributed by atoms with Crippen LogP contribution in [0.5, 0.6) is 0 Å². The third-order valence-electron chi connectivity index (χ3n) is 16.5. The molecule has 93 heavy (non-hydrogen) atoms. The Labute approximate surface area is 588 Å². The highest BCUT2D eigenvalue weighted by Gasteiger charge is 2.56. The molecule has 9 heterocycles. The van der Waals surface area contributed by atoms with Gasteiger partial charge < -0.3 is 59.9 Å². The molecule has 3 saturated heterocycles. The molecule has 6 aliphatic rings. The van der Waals surface area contributed by atoms with Crippen molar-refractivity contribution >= 4 is 165 Å². The largest absolute Gasteiger partial charge is 0.479 e. The molecule has 3 aromatic heterocycles. The number of anilines is 2. The lowest BCUT2D eigenvalue weighted by Crippen LogP contribution is -2.61. The summed E-state index contributed by atoms with van der Waals surface area (Å²) in [4.78, 5) is 83.3. The first kappa shape index (κ1) is 71.7. The quantitative estimate of drug-likeness (QED) is 0.0505. The molecule has 0 saturated carbocycles. The molecule has 6 unspecified atom stereocenters. The van der Waals surface area contributed by atoms with Crippen molar-refractivity contribution in [1.29, 1.82) is 0 Å². The number of esters is 2. The van der Waals surface area contributed by atoms with Crippen LogP contribution >= 0.6 is 120 Å². The molecule has 6 atom stereocenters. The van der Waals surface area contributed by atoms with Crippen LogP contribution in [0.4, 0.5) is 10.0 Å². The third-order valence-corrected chi connectivity index (χ3v) is 22.8. The number of amides is 3. The van der Waals surface area contributed by atoms with Gasteiger partial charge in [-0.25, -0.2) is 14.4 Å². The van der Waals surface area contributed by atoms with Gasteiger partial charge in [0.15, 0.2) is 16.6 Å². The molecule has 6 aromatic rings. The molecule has 0 radical (unpaired) electrons. The van der Waals surface area contributed by atoms with Crippen LogP contribution in [0.25, 0.3) is 0 Å². The van der Waals surface area contributed by atoms with Gasteiger partial charge in [-0.3, -0.25) is 14.4 Å². The Bertz CT molecular complexity index is 3820. The number of aliphatic carboxylic acids is 1. The van der Waals surface area contributed by atoms with E-state index in [-0.39, 0.29) is 31.1 Å². The number of benzene rings is 3. The van der Waals surface area contributed by atoms with Gasteiger partial charge in [-0.2, -0.15) is 0 Å². The molecule has 494 valence electrons. The first-order valence-electron chi connectivity index (χ1n) is 29.2. The highest BCUT2D eigenvalue weighted by molar-refractivity contribution is 9.11. The van der Waals surface area contributed by atoms with Gasteiger partial charge in [0.1, 0.15) is 0 Å². The molecule has 3 amide bonds. The van der Waals surface area contributed by atoms with Crippen molar-refractivity contribution in [3.63, 3.8) is 0 Å². The van der Waals surface area contributed by atoms with Crippen molar-refractivity contribution in [1.82, 2.24) is 21.3 Å². The maximum Gasteiger partial charge on any atom is 0.332 e. The van der Waals surface area contributed by atoms with Crippen LogP contribution in [0.15, 0.2) is 115 Å². The molecule has 6 aliphatic heterocycles. The van der Waals surface area contributed by atoms with E-state index in [0.717, 1.165) is 88.5 Å². The van der Waals surface area contributed by atoms with E-state index in [1.807, 2.05) is 24.3 Å². The summed E-state index contributed by atoms with van der Waals surface area (Å²) in [6, 6.07) is 21.3. The van der Waals surface area contributed by atoms with E-state index in [1.54, 1.807) is 60.7 Å². The summed E-state index contributed by atoms with van der Waals surface area (Å²) in [5, 5.41) is 26.1. The number of thiophene rings is 3. The third kappa shape index (κ3) is 15.0. The van der Waals surface area contributed by atoms with Crippen molar-refractivity contribution in [2.24, 2.45) is 0 Å². The van der Waals surface area contributed by atoms with E-state index in [9.17, 15) is 33.9 Å². The van der Waals surface area contributed by atoms with Crippen molar-refractivity contribution < 1.29 is 57.6 Å². The maximum absolute atomic E-state index is 13.2. The fourth-order valence-corrected chi connectivity index (χ4v) is 17.1. The van der Waals surface area contributed by atoms with Gasteiger partial charge in [0.2, 0.25) is 0 Å².